The molecular formula is C19H24N2O4. The van der Waals surface area contributed by atoms with E-state index in [0.717, 1.165) is 0 Å². The number of hydrogen-bond acceptors (Lipinski definition) is 4. The smallest absolute Gasteiger partial charge is 0.254 e. The highest BCUT2D eigenvalue weighted by molar-refractivity contribution is 6.06. The molecule has 0 saturated carbocycles. The SMILES string of the molecule is CC(C)C1(C)C=CC(C=O)=C(C(=O)N(C)C2CCC(=O)NC2=O)C=C1. The summed E-state index contributed by atoms with van der Waals surface area (Å²) in [4.78, 5) is 48.9. The Morgan fingerprint density at radius 3 is 2.52 bits per heavy atom. The van der Waals surface area contributed by atoms with E-state index in [1.54, 1.807) is 12.2 Å². The topological polar surface area (TPSA) is 83.6 Å². The Balaban J connectivity index is 2.31. The van der Waals surface area contributed by atoms with Gasteiger partial charge in [0.25, 0.3) is 5.91 Å². The molecule has 6 nitrogen and oxygen atoms in total. The number of likely N-dealkylation sites (N-methyl/N-ethyl adjacent to an activating group) is 1. The van der Waals surface area contributed by atoms with E-state index < -0.39 is 17.9 Å². The first kappa shape index (κ1) is 18.8. The zero-order chi connectivity index (χ0) is 18.8. The third-order valence-electron chi connectivity index (χ3n) is 5.14. The van der Waals surface area contributed by atoms with E-state index in [-0.39, 0.29) is 41.2 Å². The number of amides is 3. The minimum atomic E-state index is -0.720. The second-order valence-electron chi connectivity index (χ2n) is 7.06. The lowest BCUT2D eigenvalue weighted by molar-refractivity contribution is -0.142. The normalized spacial score (nSPS) is 26.5. The van der Waals surface area contributed by atoms with Crippen molar-refractivity contribution in [3.63, 3.8) is 0 Å². The maximum Gasteiger partial charge on any atom is 0.254 e. The number of rotatable bonds is 4. The summed E-state index contributed by atoms with van der Waals surface area (Å²) < 4.78 is 0. The fraction of sp³-hybridized carbons (Fsp3) is 0.474. The zero-order valence-electron chi connectivity index (χ0n) is 15.0. The van der Waals surface area contributed by atoms with E-state index in [4.69, 9.17) is 0 Å². The molecule has 2 aliphatic rings. The van der Waals surface area contributed by atoms with Gasteiger partial charge >= 0.3 is 0 Å². The summed E-state index contributed by atoms with van der Waals surface area (Å²) in [5.41, 5.74) is 0.260. The van der Waals surface area contributed by atoms with Crippen molar-refractivity contribution in [3.05, 3.63) is 35.5 Å². The molecule has 0 aromatic carbocycles. The molecule has 0 radical (unpaired) electrons. The molecule has 1 aliphatic heterocycles. The highest BCUT2D eigenvalue weighted by atomic mass is 16.2. The third-order valence-corrected chi connectivity index (χ3v) is 5.14. The van der Waals surface area contributed by atoms with Gasteiger partial charge in [-0.25, -0.2) is 0 Å². The monoisotopic (exact) mass is 344 g/mol. The molecule has 134 valence electrons. The first-order valence-corrected chi connectivity index (χ1v) is 8.38. The molecule has 2 unspecified atom stereocenters. The molecule has 0 bridgehead atoms. The lowest BCUT2D eigenvalue weighted by atomic mass is 9.79. The van der Waals surface area contributed by atoms with E-state index >= 15 is 0 Å². The van der Waals surface area contributed by atoms with E-state index in [1.807, 2.05) is 19.1 Å². The van der Waals surface area contributed by atoms with Crippen LogP contribution in [0.5, 0.6) is 0 Å². The number of piperidine rings is 1. The number of carbonyl (C=O) groups excluding carboxylic acids is 4. The number of hydrogen-bond donors (Lipinski definition) is 1. The number of imide groups is 1. The lowest BCUT2D eigenvalue weighted by Gasteiger charge is -2.30. The molecule has 0 aromatic rings. The van der Waals surface area contributed by atoms with Crippen LogP contribution >= 0.6 is 0 Å². The maximum absolute atomic E-state index is 12.9. The highest BCUT2D eigenvalue weighted by Crippen LogP contribution is 2.34. The van der Waals surface area contributed by atoms with Crippen molar-refractivity contribution in [1.29, 1.82) is 0 Å². The second-order valence-corrected chi connectivity index (χ2v) is 7.06. The number of nitrogens with one attached hydrogen (secondary N) is 1. The largest absolute Gasteiger partial charge is 0.330 e. The van der Waals surface area contributed by atoms with Gasteiger partial charge in [-0.3, -0.25) is 24.5 Å². The van der Waals surface area contributed by atoms with Crippen molar-refractivity contribution in [3.8, 4) is 0 Å². The Morgan fingerprint density at radius 2 is 1.96 bits per heavy atom. The Hall–Kier alpha value is -2.50. The van der Waals surface area contributed by atoms with Crippen LogP contribution < -0.4 is 5.32 Å². The van der Waals surface area contributed by atoms with Crippen molar-refractivity contribution < 1.29 is 19.2 Å². The number of carbonyl (C=O) groups is 4. The number of aldehydes is 1. The molecule has 2 atom stereocenters. The first-order chi connectivity index (χ1) is 11.7. The van der Waals surface area contributed by atoms with Crippen LogP contribution in [0, 0.1) is 11.3 Å². The van der Waals surface area contributed by atoms with E-state index in [1.165, 1.54) is 11.9 Å². The molecule has 0 spiro atoms. The first-order valence-electron chi connectivity index (χ1n) is 8.38. The second kappa shape index (κ2) is 7.17. The summed E-state index contributed by atoms with van der Waals surface area (Å²) in [5.74, 6) is -0.943. The average Bonchev–Trinajstić information content (AvgIpc) is 2.73. The molecule has 0 aromatic heterocycles. The van der Waals surface area contributed by atoms with Crippen molar-refractivity contribution in [2.45, 2.75) is 39.7 Å². The van der Waals surface area contributed by atoms with Gasteiger partial charge in [0.15, 0.2) is 6.29 Å². The predicted octanol–water partition coefficient (Wildman–Crippen LogP) is 1.53. The number of allylic oxidation sites excluding steroid dienone is 4. The van der Waals surface area contributed by atoms with Crippen molar-refractivity contribution in [2.75, 3.05) is 7.05 Å². The minimum Gasteiger partial charge on any atom is -0.330 e. The minimum absolute atomic E-state index is 0.189. The van der Waals surface area contributed by atoms with Crippen LogP contribution in [0.2, 0.25) is 0 Å². The van der Waals surface area contributed by atoms with Crippen LogP contribution in [0.1, 0.15) is 33.6 Å². The van der Waals surface area contributed by atoms with E-state index in [9.17, 15) is 19.2 Å². The summed E-state index contributed by atoms with van der Waals surface area (Å²) in [5, 5.41) is 2.24. The summed E-state index contributed by atoms with van der Waals surface area (Å²) in [7, 11) is 1.52. The molecule has 1 saturated heterocycles. The molecular weight excluding hydrogens is 320 g/mol. The fourth-order valence-corrected chi connectivity index (χ4v) is 2.84. The molecule has 1 N–H and O–H groups in total. The van der Waals surface area contributed by atoms with Crippen LogP contribution in [0.3, 0.4) is 0 Å². The van der Waals surface area contributed by atoms with Gasteiger partial charge in [-0.05, 0) is 12.3 Å². The third kappa shape index (κ3) is 3.78. The summed E-state index contributed by atoms with van der Waals surface area (Å²) >= 11 is 0. The molecule has 2 rings (SSSR count). The predicted molar refractivity (Wildman–Crippen MR) is 93.3 cm³/mol. The van der Waals surface area contributed by atoms with Gasteiger partial charge in [-0.1, -0.05) is 45.1 Å². The Labute approximate surface area is 147 Å². The molecule has 3 amide bonds. The Bertz CT molecular complexity index is 702. The van der Waals surface area contributed by atoms with Gasteiger partial charge in [-0.15, -0.1) is 0 Å². The van der Waals surface area contributed by atoms with E-state index in [2.05, 4.69) is 19.2 Å². The molecule has 6 heteroatoms. The molecule has 1 fully saturated rings. The van der Waals surface area contributed by atoms with E-state index in [0.29, 0.717) is 6.29 Å². The lowest BCUT2D eigenvalue weighted by Crippen LogP contribution is -2.53. The van der Waals surface area contributed by atoms with Gasteiger partial charge in [0, 0.05) is 30.0 Å². The zero-order valence-corrected chi connectivity index (χ0v) is 15.0. The van der Waals surface area contributed by atoms with Crippen molar-refractivity contribution in [1.82, 2.24) is 10.2 Å². The fourth-order valence-electron chi connectivity index (χ4n) is 2.84. The average molecular weight is 344 g/mol. The quantitative estimate of drug-likeness (QED) is 0.619. The molecule has 1 aliphatic carbocycles. The highest BCUT2D eigenvalue weighted by Gasteiger charge is 2.34. The summed E-state index contributed by atoms with van der Waals surface area (Å²) in [6, 6.07) is -0.720. The van der Waals surface area contributed by atoms with Crippen LogP contribution in [-0.2, 0) is 19.2 Å². The van der Waals surface area contributed by atoms with Crippen LogP contribution in [0.25, 0.3) is 0 Å². The Morgan fingerprint density at radius 1 is 1.32 bits per heavy atom. The molecule has 25 heavy (non-hydrogen) atoms. The Kier molecular flexibility index (Phi) is 5.40. The van der Waals surface area contributed by atoms with Gasteiger partial charge in [0.05, 0.1) is 0 Å². The van der Waals surface area contributed by atoms with Crippen molar-refractivity contribution >= 4 is 24.0 Å². The summed E-state index contributed by atoms with van der Waals surface area (Å²) in [6.45, 7) is 6.17. The standard InChI is InChI=1S/C19H24N2O4/c1-12(2)19(3)9-7-13(11-22)14(8-10-19)18(25)21(4)15-5-6-16(23)20-17(15)24/h7-12,15H,5-6H2,1-4H3,(H,20,23,24). The summed E-state index contributed by atoms with van der Waals surface area (Å²) in [6.07, 6.45) is 8.28. The van der Waals surface area contributed by atoms with Crippen LogP contribution in [0.15, 0.2) is 35.5 Å². The van der Waals surface area contributed by atoms with Crippen LogP contribution in [0.4, 0.5) is 0 Å². The van der Waals surface area contributed by atoms with Gasteiger partial charge in [0.1, 0.15) is 6.04 Å². The van der Waals surface area contributed by atoms with Gasteiger partial charge in [-0.2, -0.15) is 0 Å². The van der Waals surface area contributed by atoms with Crippen molar-refractivity contribution in [2.24, 2.45) is 11.3 Å². The number of nitrogens with zero attached hydrogens (tertiary/aromatic N) is 1. The van der Waals surface area contributed by atoms with Gasteiger partial charge < -0.3 is 4.90 Å². The molecule has 1 heterocycles. The van der Waals surface area contributed by atoms with Gasteiger partial charge in [0.2, 0.25) is 11.8 Å². The van der Waals surface area contributed by atoms with Crippen LogP contribution in [-0.4, -0.2) is 42.0 Å². The maximum atomic E-state index is 12.9.